The lowest BCUT2D eigenvalue weighted by molar-refractivity contribution is 0.357. The standard InChI is InChI=1S/C14H23N3O2S/c1-2-15-13-9-6-10-16-14(13)20(18,19)17-11-12-7-4-3-5-8-12/h6,9-10,12,15,17H,2-5,7-8,11H2,1H3. The number of nitrogens with zero attached hydrogens (tertiary/aromatic N) is 1. The van der Waals surface area contributed by atoms with Gasteiger partial charge in [0.05, 0.1) is 5.69 Å². The van der Waals surface area contributed by atoms with Crippen LogP contribution in [-0.2, 0) is 10.0 Å². The zero-order valence-corrected chi connectivity index (χ0v) is 12.7. The van der Waals surface area contributed by atoms with Crippen LogP contribution in [0.4, 0.5) is 5.69 Å². The van der Waals surface area contributed by atoms with E-state index in [0.717, 1.165) is 12.8 Å². The molecule has 1 aliphatic carbocycles. The Hall–Kier alpha value is -1.14. The molecule has 1 heterocycles. The van der Waals surface area contributed by atoms with Crippen molar-refractivity contribution < 1.29 is 8.42 Å². The Balaban J connectivity index is 2.05. The second-order valence-electron chi connectivity index (χ2n) is 5.24. The summed E-state index contributed by atoms with van der Waals surface area (Å²) >= 11 is 0. The molecule has 0 aliphatic heterocycles. The van der Waals surface area contributed by atoms with Crippen molar-refractivity contribution in [3.63, 3.8) is 0 Å². The molecule has 1 aliphatic rings. The van der Waals surface area contributed by atoms with Crippen LogP contribution in [0, 0.1) is 5.92 Å². The van der Waals surface area contributed by atoms with Gasteiger partial charge in [-0.1, -0.05) is 19.3 Å². The molecule has 0 amide bonds. The van der Waals surface area contributed by atoms with Crippen LogP contribution in [0.15, 0.2) is 23.4 Å². The third kappa shape index (κ3) is 3.93. The number of pyridine rings is 1. The molecule has 0 spiro atoms. The Bertz CT molecular complexity index is 525. The number of sulfonamides is 1. The molecule has 0 radical (unpaired) electrons. The number of nitrogens with one attached hydrogen (secondary N) is 2. The van der Waals surface area contributed by atoms with E-state index in [1.807, 2.05) is 6.92 Å². The van der Waals surface area contributed by atoms with Gasteiger partial charge < -0.3 is 5.32 Å². The number of hydrogen-bond acceptors (Lipinski definition) is 4. The first kappa shape index (κ1) is 15.3. The van der Waals surface area contributed by atoms with Gasteiger partial charge >= 0.3 is 0 Å². The largest absolute Gasteiger partial charge is 0.383 e. The van der Waals surface area contributed by atoms with Crippen LogP contribution in [0.1, 0.15) is 39.0 Å². The maximum atomic E-state index is 12.4. The molecule has 1 aromatic heterocycles. The summed E-state index contributed by atoms with van der Waals surface area (Å²) < 4.78 is 27.4. The molecule has 0 atom stereocenters. The lowest BCUT2D eigenvalue weighted by atomic mass is 9.90. The Morgan fingerprint density at radius 2 is 2.05 bits per heavy atom. The van der Waals surface area contributed by atoms with E-state index in [1.54, 1.807) is 12.1 Å². The Morgan fingerprint density at radius 1 is 1.30 bits per heavy atom. The first-order chi connectivity index (χ1) is 9.63. The predicted octanol–water partition coefficient (Wildman–Crippen LogP) is 2.37. The zero-order chi connectivity index (χ0) is 14.4. The molecular weight excluding hydrogens is 274 g/mol. The van der Waals surface area contributed by atoms with E-state index in [2.05, 4.69) is 15.0 Å². The van der Waals surface area contributed by atoms with Gasteiger partial charge in [-0.15, -0.1) is 0 Å². The van der Waals surface area contributed by atoms with Crippen molar-refractivity contribution >= 4 is 15.7 Å². The molecule has 0 bridgehead atoms. The van der Waals surface area contributed by atoms with E-state index in [-0.39, 0.29) is 5.03 Å². The maximum absolute atomic E-state index is 12.4. The minimum absolute atomic E-state index is 0.0951. The number of hydrogen-bond donors (Lipinski definition) is 2. The minimum atomic E-state index is -3.54. The monoisotopic (exact) mass is 297 g/mol. The third-order valence-electron chi connectivity index (χ3n) is 3.68. The summed E-state index contributed by atoms with van der Waals surface area (Å²) in [6.45, 7) is 3.11. The summed E-state index contributed by atoms with van der Waals surface area (Å²) in [5.74, 6) is 0.463. The average molecular weight is 297 g/mol. The average Bonchev–Trinajstić information content (AvgIpc) is 2.47. The highest BCUT2D eigenvalue weighted by molar-refractivity contribution is 7.89. The molecule has 20 heavy (non-hydrogen) atoms. The SMILES string of the molecule is CCNc1cccnc1S(=O)(=O)NCC1CCCCC1. The van der Waals surface area contributed by atoms with E-state index in [1.165, 1.54) is 25.5 Å². The highest BCUT2D eigenvalue weighted by Gasteiger charge is 2.22. The molecule has 0 saturated heterocycles. The first-order valence-corrected chi connectivity index (χ1v) is 8.80. The predicted molar refractivity (Wildman–Crippen MR) is 80.2 cm³/mol. The maximum Gasteiger partial charge on any atom is 0.260 e. The van der Waals surface area contributed by atoms with E-state index in [0.29, 0.717) is 24.7 Å². The molecule has 2 rings (SSSR count). The van der Waals surface area contributed by atoms with Crippen molar-refractivity contribution in [3.8, 4) is 0 Å². The third-order valence-corrected chi connectivity index (χ3v) is 5.06. The summed E-state index contributed by atoms with van der Waals surface area (Å²) in [7, 11) is -3.54. The highest BCUT2D eigenvalue weighted by Crippen LogP contribution is 2.24. The molecule has 1 fully saturated rings. The highest BCUT2D eigenvalue weighted by atomic mass is 32.2. The fraction of sp³-hybridized carbons (Fsp3) is 0.643. The summed E-state index contributed by atoms with van der Waals surface area (Å²) in [4.78, 5) is 4.02. The van der Waals surface area contributed by atoms with Crippen molar-refractivity contribution in [1.82, 2.24) is 9.71 Å². The smallest absolute Gasteiger partial charge is 0.260 e. The van der Waals surface area contributed by atoms with Crippen molar-refractivity contribution in [2.45, 2.75) is 44.1 Å². The molecule has 112 valence electrons. The van der Waals surface area contributed by atoms with Crippen LogP contribution < -0.4 is 10.0 Å². The van der Waals surface area contributed by atoms with E-state index < -0.39 is 10.0 Å². The van der Waals surface area contributed by atoms with Crippen molar-refractivity contribution in [1.29, 1.82) is 0 Å². The van der Waals surface area contributed by atoms with Gasteiger partial charge in [0.2, 0.25) is 0 Å². The fourth-order valence-corrected chi connectivity index (χ4v) is 3.84. The van der Waals surface area contributed by atoms with Gasteiger partial charge in [0.1, 0.15) is 0 Å². The van der Waals surface area contributed by atoms with Crippen molar-refractivity contribution in [2.75, 3.05) is 18.4 Å². The fourth-order valence-electron chi connectivity index (χ4n) is 2.62. The van der Waals surface area contributed by atoms with Crippen LogP contribution in [0.5, 0.6) is 0 Å². The van der Waals surface area contributed by atoms with Gasteiger partial charge in [-0.25, -0.2) is 18.1 Å². The molecule has 0 unspecified atom stereocenters. The van der Waals surface area contributed by atoms with E-state index >= 15 is 0 Å². The van der Waals surface area contributed by atoms with Crippen LogP contribution in [0.3, 0.4) is 0 Å². The Morgan fingerprint density at radius 3 is 2.75 bits per heavy atom. The molecular formula is C14H23N3O2S. The van der Waals surface area contributed by atoms with Gasteiger partial charge in [0, 0.05) is 19.3 Å². The molecule has 1 saturated carbocycles. The molecule has 0 aromatic carbocycles. The Labute approximate surface area is 121 Å². The van der Waals surface area contributed by atoms with Crippen molar-refractivity contribution in [3.05, 3.63) is 18.3 Å². The second-order valence-corrected chi connectivity index (χ2v) is 6.92. The molecule has 5 nitrogen and oxygen atoms in total. The molecule has 6 heteroatoms. The van der Waals surface area contributed by atoms with Gasteiger partial charge in [-0.05, 0) is 37.8 Å². The van der Waals surface area contributed by atoms with Crippen molar-refractivity contribution in [2.24, 2.45) is 5.92 Å². The summed E-state index contributed by atoms with van der Waals surface area (Å²) in [6.07, 6.45) is 7.43. The van der Waals surface area contributed by atoms with Crippen LogP contribution in [0.2, 0.25) is 0 Å². The summed E-state index contributed by atoms with van der Waals surface area (Å²) in [6, 6.07) is 3.48. The van der Waals surface area contributed by atoms with Crippen LogP contribution in [0.25, 0.3) is 0 Å². The van der Waals surface area contributed by atoms with E-state index in [9.17, 15) is 8.42 Å². The Kier molecular flexibility index (Phi) is 5.37. The van der Waals surface area contributed by atoms with Gasteiger partial charge in [-0.3, -0.25) is 0 Å². The quantitative estimate of drug-likeness (QED) is 0.845. The summed E-state index contributed by atoms with van der Waals surface area (Å²) in [5, 5.41) is 3.13. The van der Waals surface area contributed by atoms with Gasteiger partial charge in [0.25, 0.3) is 10.0 Å². The summed E-state index contributed by atoms with van der Waals surface area (Å²) in [5.41, 5.74) is 0.561. The minimum Gasteiger partial charge on any atom is -0.383 e. The number of anilines is 1. The molecule has 1 aromatic rings. The van der Waals surface area contributed by atoms with Gasteiger partial charge in [0.15, 0.2) is 5.03 Å². The van der Waals surface area contributed by atoms with Crippen LogP contribution >= 0.6 is 0 Å². The lowest BCUT2D eigenvalue weighted by Gasteiger charge is -2.21. The zero-order valence-electron chi connectivity index (χ0n) is 11.9. The topological polar surface area (TPSA) is 71.1 Å². The van der Waals surface area contributed by atoms with Crippen LogP contribution in [-0.4, -0.2) is 26.5 Å². The van der Waals surface area contributed by atoms with E-state index in [4.69, 9.17) is 0 Å². The molecule has 2 N–H and O–H groups in total. The second kappa shape index (κ2) is 7.04. The number of aromatic nitrogens is 1. The first-order valence-electron chi connectivity index (χ1n) is 7.32. The number of rotatable bonds is 6. The lowest BCUT2D eigenvalue weighted by Crippen LogP contribution is -2.31. The normalized spacial score (nSPS) is 17.1. The van der Waals surface area contributed by atoms with Gasteiger partial charge in [-0.2, -0.15) is 0 Å².